The molecule has 2 heterocycles. The van der Waals surface area contributed by atoms with Crippen molar-refractivity contribution in [2.75, 3.05) is 19.8 Å². The lowest BCUT2D eigenvalue weighted by Gasteiger charge is -2.21. The highest BCUT2D eigenvalue weighted by Gasteiger charge is 2.21. The number of H-pyrrole nitrogens is 1. The molecule has 1 saturated heterocycles. The Kier molecular flexibility index (Phi) is 4.69. The molecule has 4 nitrogen and oxygen atoms in total. The van der Waals surface area contributed by atoms with Crippen LogP contribution in [0.2, 0.25) is 5.02 Å². The molecule has 1 amide bonds. The highest BCUT2D eigenvalue weighted by atomic mass is 35.5. The first-order valence-electron chi connectivity index (χ1n) is 7.77. The number of halogens is 1. The van der Waals surface area contributed by atoms with Gasteiger partial charge in [0.1, 0.15) is 0 Å². The number of benzene rings is 1. The maximum Gasteiger partial charge on any atom is 0.223 e. The molecule has 22 heavy (non-hydrogen) atoms. The monoisotopic (exact) mass is 320 g/mol. The minimum absolute atomic E-state index is 0.104. The van der Waals surface area contributed by atoms with Gasteiger partial charge in [-0.2, -0.15) is 0 Å². The highest BCUT2D eigenvalue weighted by Crippen LogP contribution is 2.25. The van der Waals surface area contributed by atoms with Gasteiger partial charge in [0.05, 0.1) is 0 Å². The fraction of sp³-hybridized carbons (Fsp3) is 0.471. The lowest BCUT2D eigenvalue weighted by Crippen LogP contribution is -2.35. The molecule has 1 fully saturated rings. The fourth-order valence-electron chi connectivity index (χ4n) is 3.09. The van der Waals surface area contributed by atoms with Crippen molar-refractivity contribution in [3.05, 3.63) is 34.5 Å². The van der Waals surface area contributed by atoms with E-state index in [4.69, 9.17) is 16.3 Å². The van der Waals surface area contributed by atoms with Crippen LogP contribution in [0.4, 0.5) is 0 Å². The third-order valence-electron chi connectivity index (χ3n) is 4.35. The van der Waals surface area contributed by atoms with E-state index in [-0.39, 0.29) is 11.8 Å². The summed E-state index contributed by atoms with van der Waals surface area (Å²) in [5.74, 6) is 0.256. The van der Waals surface area contributed by atoms with Crippen LogP contribution >= 0.6 is 11.6 Å². The molecule has 0 radical (unpaired) electrons. The molecule has 3 rings (SSSR count). The topological polar surface area (TPSA) is 54.1 Å². The molecule has 0 unspecified atom stereocenters. The Hall–Kier alpha value is -1.52. The van der Waals surface area contributed by atoms with Crippen molar-refractivity contribution in [2.24, 2.45) is 5.92 Å². The molecule has 0 spiro atoms. The number of hydrogen-bond donors (Lipinski definition) is 2. The first-order valence-corrected chi connectivity index (χ1v) is 8.15. The average Bonchev–Trinajstić information content (AvgIpc) is 2.83. The zero-order valence-corrected chi connectivity index (χ0v) is 13.5. The predicted molar refractivity (Wildman–Crippen MR) is 88.3 cm³/mol. The van der Waals surface area contributed by atoms with E-state index in [1.807, 2.05) is 18.2 Å². The number of amides is 1. The highest BCUT2D eigenvalue weighted by molar-refractivity contribution is 6.31. The van der Waals surface area contributed by atoms with Gasteiger partial charge in [-0.3, -0.25) is 4.79 Å². The largest absolute Gasteiger partial charge is 0.381 e. The SMILES string of the molecule is Cc1[nH]c2ccc(Cl)cc2c1CCNC(=O)C1CCOCC1. The van der Waals surface area contributed by atoms with Gasteiger partial charge in [0, 0.05) is 47.3 Å². The van der Waals surface area contributed by atoms with E-state index in [1.165, 1.54) is 5.56 Å². The number of ether oxygens (including phenoxy) is 1. The molecular weight excluding hydrogens is 300 g/mol. The van der Waals surface area contributed by atoms with E-state index >= 15 is 0 Å². The molecule has 0 aliphatic carbocycles. The van der Waals surface area contributed by atoms with Crippen LogP contribution in [0.15, 0.2) is 18.2 Å². The van der Waals surface area contributed by atoms with Gasteiger partial charge in [0.25, 0.3) is 0 Å². The summed E-state index contributed by atoms with van der Waals surface area (Å²) in [7, 11) is 0. The lowest BCUT2D eigenvalue weighted by molar-refractivity contribution is -0.127. The van der Waals surface area contributed by atoms with E-state index < -0.39 is 0 Å². The first kappa shape index (κ1) is 15.4. The lowest BCUT2D eigenvalue weighted by atomic mass is 9.99. The van der Waals surface area contributed by atoms with Crippen molar-refractivity contribution >= 4 is 28.4 Å². The average molecular weight is 321 g/mol. The van der Waals surface area contributed by atoms with Crippen molar-refractivity contribution in [3.8, 4) is 0 Å². The van der Waals surface area contributed by atoms with Gasteiger partial charge in [-0.15, -0.1) is 0 Å². The number of aryl methyl sites for hydroxylation is 1. The number of aromatic nitrogens is 1. The second-order valence-corrected chi connectivity index (χ2v) is 6.28. The Bertz CT molecular complexity index is 675. The van der Waals surface area contributed by atoms with E-state index in [0.717, 1.165) is 40.9 Å². The van der Waals surface area contributed by atoms with Gasteiger partial charge in [0.15, 0.2) is 0 Å². The summed E-state index contributed by atoms with van der Waals surface area (Å²) in [6.45, 7) is 4.09. The van der Waals surface area contributed by atoms with Crippen LogP contribution in [0.25, 0.3) is 10.9 Å². The molecule has 1 aromatic carbocycles. The molecule has 2 aromatic rings. The fourth-order valence-corrected chi connectivity index (χ4v) is 3.26. The number of rotatable bonds is 4. The van der Waals surface area contributed by atoms with Crippen molar-refractivity contribution < 1.29 is 9.53 Å². The maximum atomic E-state index is 12.1. The molecule has 1 aromatic heterocycles. The molecule has 1 aliphatic rings. The summed E-state index contributed by atoms with van der Waals surface area (Å²) in [5, 5.41) is 4.93. The smallest absolute Gasteiger partial charge is 0.223 e. The van der Waals surface area contributed by atoms with Gasteiger partial charge in [-0.25, -0.2) is 0 Å². The van der Waals surface area contributed by atoms with Crippen LogP contribution < -0.4 is 5.32 Å². The van der Waals surface area contributed by atoms with Gasteiger partial charge in [-0.05, 0) is 49.9 Å². The van der Waals surface area contributed by atoms with Gasteiger partial charge in [0.2, 0.25) is 5.91 Å². The number of aromatic amines is 1. The second kappa shape index (κ2) is 6.71. The summed E-state index contributed by atoms with van der Waals surface area (Å²) < 4.78 is 5.29. The van der Waals surface area contributed by atoms with Crippen LogP contribution in [0.3, 0.4) is 0 Å². The Labute approximate surface area is 135 Å². The maximum absolute atomic E-state index is 12.1. The van der Waals surface area contributed by atoms with Crippen molar-refractivity contribution in [1.82, 2.24) is 10.3 Å². The van der Waals surface area contributed by atoms with Crippen molar-refractivity contribution in [1.29, 1.82) is 0 Å². The third kappa shape index (κ3) is 3.28. The molecular formula is C17H21ClN2O2. The molecule has 118 valence electrons. The minimum Gasteiger partial charge on any atom is -0.381 e. The predicted octanol–water partition coefficient (Wildman–Crippen LogP) is 3.22. The Morgan fingerprint density at radius 2 is 2.18 bits per heavy atom. The van der Waals surface area contributed by atoms with Crippen LogP contribution in [-0.4, -0.2) is 30.6 Å². The molecule has 0 bridgehead atoms. The zero-order valence-electron chi connectivity index (χ0n) is 12.7. The van der Waals surface area contributed by atoms with E-state index in [1.54, 1.807) is 0 Å². The normalized spacial score (nSPS) is 16.1. The second-order valence-electron chi connectivity index (χ2n) is 5.85. The van der Waals surface area contributed by atoms with Crippen LogP contribution in [0.5, 0.6) is 0 Å². The first-order chi connectivity index (χ1) is 10.6. The Morgan fingerprint density at radius 1 is 1.41 bits per heavy atom. The third-order valence-corrected chi connectivity index (χ3v) is 4.58. The molecule has 2 N–H and O–H groups in total. The van der Waals surface area contributed by atoms with Crippen LogP contribution in [-0.2, 0) is 16.0 Å². The summed E-state index contributed by atoms with van der Waals surface area (Å²) in [5.41, 5.74) is 3.45. The van der Waals surface area contributed by atoms with Crippen molar-refractivity contribution in [3.63, 3.8) is 0 Å². The number of carbonyl (C=O) groups excluding carboxylic acids is 1. The van der Waals surface area contributed by atoms with Crippen LogP contribution in [0, 0.1) is 12.8 Å². The van der Waals surface area contributed by atoms with Crippen LogP contribution in [0.1, 0.15) is 24.1 Å². The van der Waals surface area contributed by atoms with E-state index in [9.17, 15) is 4.79 Å². The van der Waals surface area contributed by atoms with E-state index in [0.29, 0.717) is 19.8 Å². The van der Waals surface area contributed by atoms with Crippen molar-refractivity contribution in [2.45, 2.75) is 26.2 Å². The Morgan fingerprint density at radius 3 is 2.95 bits per heavy atom. The van der Waals surface area contributed by atoms with Gasteiger partial charge in [-0.1, -0.05) is 11.6 Å². The quantitative estimate of drug-likeness (QED) is 0.909. The Balaban J connectivity index is 1.62. The number of hydrogen-bond acceptors (Lipinski definition) is 2. The minimum atomic E-state index is 0.104. The molecule has 1 aliphatic heterocycles. The summed E-state index contributed by atoms with van der Waals surface area (Å²) >= 11 is 6.09. The van der Waals surface area contributed by atoms with E-state index in [2.05, 4.69) is 17.2 Å². The molecule has 5 heteroatoms. The van der Waals surface area contributed by atoms with Gasteiger partial charge >= 0.3 is 0 Å². The zero-order chi connectivity index (χ0) is 15.5. The number of carbonyl (C=O) groups is 1. The summed E-state index contributed by atoms with van der Waals surface area (Å²) in [6.07, 6.45) is 2.46. The summed E-state index contributed by atoms with van der Waals surface area (Å²) in [6, 6.07) is 5.86. The summed E-state index contributed by atoms with van der Waals surface area (Å²) in [4.78, 5) is 15.5. The molecule has 0 atom stereocenters. The number of nitrogens with one attached hydrogen (secondary N) is 2. The molecule has 0 saturated carbocycles. The number of fused-ring (bicyclic) bond motifs is 1. The standard InChI is InChI=1S/C17H21ClN2O2/c1-11-14(15-10-13(18)2-3-16(15)20-11)4-7-19-17(21)12-5-8-22-9-6-12/h2-3,10,12,20H,4-9H2,1H3,(H,19,21). The van der Waals surface area contributed by atoms with Gasteiger partial charge < -0.3 is 15.0 Å².